The van der Waals surface area contributed by atoms with E-state index < -0.39 is 0 Å². The third-order valence-electron chi connectivity index (χ3n) is 6.89. The summed E-state index contributed by atoms with van der Waals surface area (Å²) in [6.45, 7) is 0. The molecule has 2 aromatic heterocycles. The van der Waals surface area contributed by atoms with Crippen molar-refractivity contribution in [2.45, 2.75) is 0 Å². The van der Waals surface area contributed by atoms with E-state index in [0.29, 0.717) is 34.2 Å². The Balaban J connectivity index is 1.06. The van der Waals surface area contributed by atoms with Crippen LogP contribution in [0.25, 0.3) is 44.8 Å². The molecule has 0 bridgehead atoms. The smallest absolute Gasteiger partial charge is 0.142 e. The molecule has 0 radical (unpaired) electrons. The Morgan fingerprint density at radius 2 is 1.00 bits per heavy atom. The number of aromatic hydroxyl groups is 2. The van der Waals surface area contributed by atoms with Gasteiger partial charge in [-0.2, -0.15) is 0 Å². The number of benzene rings is 5. The van der Waals surface area contributed by atoms with Crippen LogP contribution in [0.5, 0.6) is 11.5 Å². The van der Waals surface area contributed by atoms with Gasteiger partial charge in [0.1, 0.15) is 23.1 Å². The lowest BCUT2D eigenvalue weighted by Crippen LogP contribution is -1.86. The zero-order valence-corrected chi connectivity index (χ0v) is 22.2. The third kappa shape index (κ3) is 5.00. The molecule has 0 spiro atoms. The number of rotatable bonds is 6. The molecule has 8 heteroatoms. The average molecular weight is 549 g/mol. The summed E-state index contributed by atoms with van der Waals surface area (Å²) in [5.41, 5.74) is 7.72. The maximum Gasteiger partial charge on any atom is 0.142 e. The number of nitrogens with one attached hydrogen (secondary N) is 2. The molecule has 42 heavy (non-hydrogen) atoms. The van der Waals surface area contributed by atoms with Gasteiger partial charge in [0, 0.05) is 24.6 Å². The van der Waals surface area contributed by atoms with Crippen LogP contribution in [0, 0.1) is 0 Å². The average Bonchev–Trinajstić information content (AvgIpc) is 3.64. The summed E-state index contributed by atoms with van der Waals surface area (Å²) < 4.78 is 0. The van der Waals surface area contributed by atoms with Crippen LogP contribution in [0.2, 0.25) is 0 Å². The van der Waals surface area contributed by atoms with Crippen LogP contribution >= 0.6 is 0 Å². The number of imidazole rings is 2. The number of aromatic nitrogens is 4. The highest BCUT2D eigenvalue weighted by Gasteiger charge is 2.11. The van der Waals surface area contributed by atoms with Crippen LogP contribution in [-0.2, 0) is 0 Å². The number of aromatic amines is 2. The van der Waals surface area contributed by atoms with E-state index in [2.05, 4.69) is 29.9 Å². The van der Waals surface area contributed by atoms with Gasteiger partial charge in [0.2, 0.25) is 0 Å². The van der Waals surface area contributed by atoms with Gasteiger partial charge in [0.15, 0.2) is 0 Å². The summed E-state index contributed by atoms with van der Waals surface area (Å²) in [5.74, 6) is 1.40. The maximum atomic E-state index is 10.6. The number of phenolic OH excluding ortho intramolecular Hbond substituents is 2. The van der Waals surface area contributed by atoms with Crippen molar-refractivity contribution in [2.75, 3.05) is 0 Å². The number of hydrogen-bond donors (Lipinski definition) is 4. The zero-order valence-electron chi connectivity index (χ0n) is 22.2. The Morgan fingerprint density at radius 1 is 0.524 bits per heavy atom. The number of hydrogen-bond acceptors (Lipinski definition) is 6. The number of aliphatic imine (C=N–C) groups is 2. The quantitative estimate of drug-likeness (QED) is 0.159. The number of H-pyrrole nitrogens is 2. The van der Waals surface area contributed by atoms with Crippen molar-refractivity contribution in [3.05, 3.63) is 120 Å². The molecule has 7 rings (SSSR count). The summed E-state index contributed by atoms with van der Waals surface area (Å²) >= 11 is 0. The second-order valence-electron chi connectivity index (χ2n) is 9.79. The first-order valence-electron chi connectivity index (χ1n) is 13.3. The largest absolute Gasteiger partial charge is 0.507 e. The van der Waals surface area contributed by atoms with E-state index in [1.807, 2.05) is 84.9 Å². The number of phenols is 2. The monoisotopic (exact) mass is 548 g/mol. The molecule has 0 amide bonds. The van der Waals surface area contributed by atoms with Crippen LogP contribution in [0.3, 0.4) is 0 Å². The van der Waals surface area contributed by atoms with Gasteiger partial charge >= 0.3 is 0 Å². The molecule has 7 aromatic rings. The minimum atomic E-state index is 0.0965. The molecule has 5 aromatic carbocycles. The lowest BCUT2D eigenvalue weighted by molar-refractivity contribution is 0.476. The van der Waals surface area contributed by atoms with Crippen molar-refractivity contribution in [1.29, 1.82) is 0 Å². The molecule has 0 aliphatic rings. The van der Waals surface area contributed by atoms with Crippen molar-refractivity contribution in [1.82, 2.24) is 19.9 Å². The summed E-state index contributed by atoms with van der Waals surface area (Å²) in [6, 6.07) is 33.8. The fourth-order valence-electron chi connectivity index (χ4n) is 4.78. The zero-order chi connectivity index (χ0) is 28.5. The molecule has 4 N–H and O–H groups in total. The van der Waals surface area contributed by atoms with E-state index in [1.54, 1.807) is 36.7 Å². The first kappa shape index (κ1) is 25.0. The molecule has 0 fully saturated rings. The van der Waals surface area contributed by atoms with Crippen LogP contribution in [0.4, 0.5) is 11.4 Å². The van der Waals surface area contributed by atoms with E-state index in [4.69, 9.17) is 0 Å². The van der Waals surface area contributed by atoms with Crippen LogP contribution in [-0.4, -0.2) is 42.6 Å². The van der Waals surface area contributed by atoms with Gasteiger partial charge in [-0.05, 0) is 65.7 Å². The number of nitrogens with zero attached hydrogens (tertiary/aromatic N) is 4. The minimum Gasteiger partial charge on any atom is -0.507 e. The predicted molar refractivity (Wildman–Crippen MR) is 167 cm³/mol. The second kappa shape index (κ2) is 10.5. The molecule has 0 unspecified atom stereocenters. The van der Waals surface area contributed by atoms with Gasteiger partial charge in [-0.15, -0.1) is 0 Å². The number of fused-ring (bicyclic) bond motifs is 2. The molecule has 0 saturated carbocycles. The van der Waals surface area contributed by atoms with Crippen molar-refractivity contribution in [2.24, 2.45) is 9.98 Å². The molecule has 0 aliphatic heterocycles. The SMILES string of the molecule is Oc1cc(N=Cc2cccc(C=Nc3ccc(-c4nc5ccccc5[nH]4)c(O)c3)c2)ccc1-c1nc2ccccc2[nH]1. The molecular weight excluding hydrogens is 524 g/mol. The Labute approximate surface area is 240 Å². The summed E-state index contributed by atoms with van der Waals surface area (Å²) in [4.78, 5) is 24.7. The van der Waals surface area contributed by atoms with Gasteiger partial charge in [-0.1, -0.05) is 42.5 Å². The van der Waals surface area contributed by atoms with Crippen molar-refractivity contribution >= 4 is 45.9 Å². The summed E-state index contributed by atoms with van der Waals surface area (Å²) in [6.07, 6.45) is 3.47. The van der Waals surface area contributed by atoms with Crippen molar-refractivity contribution < 1.29 is 10.2 Å². The molecule has 0 saturated heterocycles. The van der Waals surface area contributed by atoms with E-state index >= 15 is 0 Å². The Hall–Kier alpha value is -6.02. The highest BCUT2D eigenvalue weighted by molar-refractivity contribution is 5.89. The highest BCUT2D eigenvalue weighted by atomic mass is 16.3. The van der Waals surface area contributed by atoms with Crippen molar-refractivity contribution in [3.8, 4) is 34.3 Å². The first-order valence-corrected chi connectivity index (χ1v) is 13.3. The Bertz CT molecular complexity index is 1930. The summed E-state index contributed by atoms with van der Waals surface area (Å²) in [7, 11) is 0. The molecule has 202 valence electrons. The van der Waals surface area contributed by atoms with E-state index in [9.17, 15) is 10.2 Å². The van der Waals surface area contributed by atoms with E-state index in [-0.39, 0.29) is 11.5 Å². The second-order valence-corrected chi connectivity index (χ2v) is 9.79. The highest BCUT2D eigenvalue weighted by Crippen LogP contribution is 2.33. The van der Waals surface area contributed by atoms with Gasteiger partial charge in [-0.3, -0.25) is 9.98 Å². The first-order chi connectivity index (χ1) is 20.6. The molecule has 0 aliphatic carbocycles. The lowest BCUT2D eigenvalue weighted by Gasteiger charge is -2.03. The van der Waals surface area contributed by atoms with E-state index in [1.165, 1.54) is 0 Å². The lowest BCUT2D eigenvalue weighted by atomic mass is 10.1. The van der Waals surface area contributed by atoms with Crippen LogP contribution in [0.1, 0.15) is 11.1 Å². The van der Waals surface area contributed by atoms with Gasteiger partial charge in [0.05, 0.1) is 44.6 Å². The van der Waals surface area contributed by atoms with Crippen LogP contribution in [0.15, 0.2) is 119 Å². The molecular formula is C34H24N6O2. The molecule has 2 heterocycles. The normalized spacial score (nSPS) is 11.8. The fourth-order valence-corrected chi connectivity index (χ4v) is 4.78. The number of para-hydroxylation sites is 4. The topological polar surface area (TPSA) is 123 Å². The van der Waals surface area contributed by atoms with Gasteiger partial charge < -0.3 is 20.2 Å². The standard InChI is InChI=1S/C34H24N6O2/c41-31-17-23(12-14-25(31)33-37-27-8-1-2-9-28(27)38-33)35-19-21-6-5-7-22(16-21)20-36-24-13-15-26(32(42)18-24)34-39-29-10-3-4-11-30(29)40-34/h1-20,41-42H,(H,37,38)(H,39,40). The van der Waals surface area contributed by atoms with Crippen LogP contribution < -0.4 is 0 Å². The minimum absolute atomic E-state index is 0.0965. The third-order valence-corrected chi connectivity index (χ3v) is 6.89. The summed E-state index contributed by atoms with van der Waals surface area (Å²) in [5, 5.41) is 21.3. The van der Waals surface area contributed by atoms with Crippen molar-refractivity contribution in [3.63, 3.8) is 0 Å². The van der Waals surface area contributed by atoms with Gasteiger partial charge in [-0.25, -0.2) is 9.97 Å². The Morgan fingerprint density at radius 3 is 1.45 bits per heavy atom. The Kier molecular flexibility index (Phi) is 6.25. The molecule has 8 nitrogen and oxygen atoms in total. The van der Waals surface area contributed by atoms with Gasteiger partial charge in [0.25, 0.3) is 0 Å². The fraction of sp³-hybridized carbons (Fsp3) is 0. The maximum absolute atomic E-state index is 10.6. The molecule has 0 atom stereocenters. The predicted octanol–water partition coefficient (Wildman–Crippen LogP) is 7.69. The van der Waals surface area contributed by atoms with E-state index in [0.717, 1.165) is 33.2 Å².